The Morgan fingerprint density at radius 3 is 2.68 bits per heavy atom. The molecule has 3 aromatic rings. The number of nitrogens with zero attached hydrogens (tertiary/aromatic N) is 1. The van der Waals surface area contributed by atoms with Crippen molar-refractivity contribution in [3.8, 4) is 0 Å². The van der Waals surface area contributed by atoms with Crippen LogP contribution in [0.25, 0.3) is 11.0 Å². The van der Waals surface area contributed by atoms with Crippen molar-refractivity contribution >= 4 is 16.9 Å². The maximum absolute atomic E-state index is 10.8. The Kier molecular flexibility index (Phi) is 3.89. The zero-order chi connectivity index (χ0) is 15.5. The first kappa shape index (κ1) is 14.3. The van der Waals surface area contributed by atoms with Gasteiger partial charge in [0, 0.05) is 24.2 Å². The summed E-state index contributed by atoms with van der Waals surface area (Å²) in [4.78, 5) is 14.7. The number of rotatable bonds is 5. The van der Waals surface area contributed by atoms with Gasteiger partial charge in [-0.2, -0.15) is 0 Å². The summed E-state index contributed by atoms with van der Waals surface area (Å²) < 4.78 is 5.70. The molecule has 22 heavy (non-hydrogen) atoms. The standard InChI is InChI=1S/C17H15NO4/c19-15(12-3-5-18-6-4-12)10-14-9-13-7-11(8-17(20)21)1-2-16(13)22-14/h1-7,9,15,19H,8,10H2,(H,20,21). The van der Waals surface area contributed by atoms with E-state index in [0.717, 1.165) is 16.5 Å². The zero-order valence-electron chi connectivity index (χ0n) is 11.8. The van der Waals surface area contributed by atoms with Crippen LogP contribution >= 0.6 is 0 Å². The van der Waals surface area contributed by atoms with Gasteiger partial charge in [-0.1, -0.05) is 6.07 Å². The highest BCUT2D eigenvalue weighted by Crippen LogP contribution is 2.25. The number of hydrogen-bond donors (Lipinski definition) is 2. The summed E-state index contributed by atoms with van der Waals surface area (Å²) in [7, 11) is 0. The van der Waals surface area contributed by atoms with Crippen molar-refractivity contribution in [2.24, 2.45) is 0 Å². The second-order valence-electron chi connectivity index (χ2n) is 5.16. The number of aliphatic hydroxyl groups excluding tert-OH is 1. The molecule has 0 radical (unpaired) electrons. The second-order valence-corrected chi connectivity index (χ2v) is 5.16. The minimum absolute atomic E-state index is 0.0178. The van der Waals surface area contributed by atoms with Crippen LogP contribution in [-0.4, -0.2) is 21.2 Å². The van der Waals surface area contributed by atoms with Gasteiger partial charge in [-0.05, 0) is 41.5 Å². The molecular formula is C17H15NO4. The van der Waals surface area contributed by atoms with Gasteiger partial charge in [0.25, 0.3) is 0 Å². The lowest BCUT2D eigenvalue weighted by Crippen LogP contribution is -2.00. The number of furan rings is 1. The molecule has 5 nitrogen and oxygen atoms in total. The molecule has 1 aromatic carbocycles. The molecule has 0 aliphatic carbocycles. The first-order valence-corrected chi connectivity index (χ1v) is 6.93. The van der Waals surface area contributed by atoms with Crippen LogP contribution in [0.15, 0.2) is 53.2 Å². The summed E-state index contributed by atoms with van der Waals surface area (Å²) in [6, 6.07) is 10.7. The number of hydrogen-bond acceptors (Lipinski definition) is 4. The predicted molar refractivity (Wildman–Crippen MR) is 80.5 cm³/mol. The second kappa shape index (κ2) is 5.99. The summed E-state index contributed by atoms with van der Waals surface area (Å²) in [5, 5.41) is 19.9. The van der Waals surface area contributed by atoms with E-state index in [9.17, 15) is 9.90 Å². The maximum Gasteiger partial charge on any atom is 0.307 e. The lowest BCUT2D eigenvalue weighted by molar-refractivity contribution is -0.136. The number of carboxylic acids is 1. The molecule has 3 rings (SSSR count). The molecule has 5 heteroatoms. The number of aromatic nitrogens is 1. The lowest BCUT2D eigenvalue weighted by atomic mass is 10.1. The minimum Gasteiger partial charge on any atom is -0.481 e. The van der Waals surface area contributed by atoms with Gasteiger partial charge >= 0.3 is 5.97 Å². The molecule has 1 atom stereocenters. The number of benzene rings is 1. The largest absolute Gasteiger partial charge is 0.481 e. The Morgan fingerprint density at radius 2 is 1.95 bits per heavy atom. The fraction of sp³-hybridized carbons (Fsp3) is 0.176. The third-order valence-electron chi connectivity index (χ3n) is 3.47. The number of carbonyl (C=O) groups is 1. The predicted octanol–water partition coefficient (Wildman–Crippen LogP) is 2.73. The molecule has 2 heterocycles. The van der Waals surface area contributed by atoms with Crippen LogP contribution in [0.2, 0.25) is 0 Å². The van der Waals surface area contributed by atoms with Gasteiger partial charge in [-0.3, -0.25) is 9.78 Å². The Morgan fingerprint density at radius 1 is 1.18 bits per heavy atom. The lowest BCUT2D eigenvalue weighted by Gasteiger charge is -2.08. The van der Waals surface area contributed by atoms with Crippen molar-refractivity contribution in [2.45, 2.75) is 18.9 Å². The maximum atomic E-state index is 10.8. The molecule has 0 spiro atoms. The number of fused-ring (bicyclic) bond motifs is 1. The zero-order valence-corrected chi connectivity index (χ0v) is 11.8. The van der Waals surface area contributed by atoms with Crippen LogP contribution in [0.1, 0.15) is 23.0 Å². The van der Waals surface area contributed by atoms with Crippen LogP contribution in [0, 0.1) is 0 Å². The summed E-state index contributed by atoms with van der Waals surface area (Å²) in [6.45, 7) is 0. The molecule has 2 N–H and O–H groups in total. The summed E-state index contributed by atoms with van der Waals surface area (Å²) in [6.07, 6.45) is 2.94. The smallest absolute Gasteiger partial charge is 0.307 e. The average Bonchev–Trinajstić information content (AvgIpc) is 2.89. The van der Waals surface area contributed by atoms with Gasteiger partial charge in [-0.15, -0.1) is 0 Å². The molecule has 0 bridgehead atoms. The van der Waals surface area contributed by atoms with E-state index < -0.39 is 12.1 Å². The summed E-state index contributed by atoms with van der Waals surface area (Å²) in [5.41, 5.74) is 2.19. The van der Waals surface area contributed by atoms with Crippen molar-refractivity contribution in [2.75, 3.05) is 0 Å². The van der Waals surface area contributed by atoms with Crippen LogP contribution in [0.5, 0.6) is 0 Å². The highest BCUT2D eigenvalue weighted by Gasteiger charge is 2.12. The van der Waals surface area contributed by atoms with E-state index in [0.29, 0.717) is 17.8 Å². The quantitative estimate of drug-likeness (QED) is 0.756. The fourth-order valence-corrected chi connectivity index (χ4v) is 2.43. The van der Waals surface area contributed by atoms with Gasteiger partial charge in [0.05, 0.1) is 12.5 Å². The summed E-state index contributed by atoms with van der Waals surface area (Å²) >= 11 is 0. The molecule has 0 aliphatic heterocycles. The molecule has 0 saturated carbocycles. The number of aliphatic hydroxyl groups is 1. The summed E-state index contributed by atoms with van der Waals surface area (Å²) in [5.74, 6) is -0.206. The number of carboxylic acid groups (broad SMARTS) is 1. The SMILES string of the molecule is O=C(O)Cc1ccc2oc(CC(O)c3ccncc3)cc2c1. The molecule has 0 saturated heterocycles. The van der Waals surface area contributed by atoms with Crippen molar-refractivity contribution in [1.29, 1.82) is 0 Å². The van der Waals surface area contributed by atoms with Gasteiger partial charge in [0.2, 0.25) is 0 Å². The van der Waals surface area contributed by atoms with E-state index in [1.165, 1.54) is 0 Å². The molecule has 1 unspecified atom stereocenters. The van der Waals surface area contributed by atoms with E-state index in [-0.39, 0.29) is 6.42 Å². The Balaban J connectivity index is 1.81. The molecule has 0 aliphatic rings. The molecule has 0 amide bonds. The third-order valence-corrected chi connectivity index (χ3v) is 3.47. The van der Waals surface area contributed by atoms with Crippen LogP contribution in [-0.2, 0) is 17.6 Å². The first-order chi connectivity index (χ1) is 10.6. The fourth-order valence-electron chi connectivity index (χ4n) is 2.43. The van der Waals surface area contributed by atoms with E-state index >= 15 is 0 Å². The van der Waals surface area contributed by atoms with Gasteiger partial charge in [0.1, 0.15) is 11.3 Å². The number of aliphatic carboxylic acids is 1. The molecular weight excluding hydrogens is 282 g/mol. The van der Waals surface area contributed by atoms with Crippen LogP contribution < -0.4 is 0 Å². The van der Waals surface area contributed by atoms with Crippen molar-refractivity contribution in [3.63, 3.8) is 0 Å². The topological polar surface area (TPSA) is 83.6 Å². The van der Waals surface area contributed by atoms with Crippen LogP contribution in [0.4, 0.5) is 0 Å². The molecule has 112 valence electrons. The van der Waals surface area contributed by atoms with Crippen molar-refractivity contribution < 1.29 is 19.4 Å². The monoisotopic (exact) mass is 297 g/mol. The normalized spacial score (nSPS) is 12.4. The average molecular weight is 297 g/mol. The third kappa shape index (κ3) is 3.15. The van der Waals surface area contributed by atoms with Crippen molar-refractivity contribution in [1.82, 2.24) is 4.98 Å². The first-order valence-electron chi connectivity index (χ1n) is 6.93. The van der Waals surface area contributed by atoms with E-state index in [4.69, 9.17) is 9.52 Å². The van der Waals surface area contributed by atoms with Gasteiger partial charge in [0.15, 0.2) is 0 Å². The number of pyridine rings is 1. The Bertz CT molecular complexity index is 795. The van der Waals surface area contributed by atoms with E-state index in [1.54, 1.807) is 42.7 Å². The highest BCUT2D eigenvalue weighted by atomic mass is 16.4. The molecule has 0 fully saturated rings. The van der Waals surface area contributed by atoms with E-state index in [2.05, 4.69) is 4.98 Å². The highest BCUT2D eigenvalue weighted by molar-refractivity contribution is 5.80. The van der Waals surface area contributed by atoms with Crippen molar-refractivity contribution in [3.05, 3.63) is 65.7 Å². The molecule has 2 aromatic heterocycles. The van der Waals surface area contributed by atoms with Crippen LogP contribution in [0.3, 0.4) is 0 Å². The van der Waals surface area contributed by atoms with E-state index in [1.807, 2.05) is 6.07 Å². The Hall–Kier alpha value is -2.66. The minimum atomic E-state index is -0.865. The Labute approximate surface area is 126 Å². The van der Waals surface area contributed by atoms with Gasteiger partial charge < -0.3 is 14.6 Å². The van der Waals surface area contributed by atoms with Gasteiger partial charge in [-0.25, -0.2) is 0 Å².